The zero-order valence-electron chi connectivity index (χ0n) is 7.70. The summed E-state index contributed by atoms with van der Waals surface area (Å²) in [5, 5.41) is 8.79. The van der Waals surface area contributed by atoms with Crippen LogP contribution >= 0.6 is 0 Å². The van der Waals surface area contributed by atoms with Gasteiger partial charge in [-0.05, 0) is 18.1 Å². The SMILES string of the molecule is CCC[C@H](N)c1ccncc1C#N. The Bertz CT molecular complexity index is 314. The van der Waals surface area contributed by atoms with E-state index in [1.165, 1.54) is 0 Å². The molecule has 1 aromatic heterocycles. The molecule has 0 aliphatic carbocycles. The van der Waals surface area contributed by atoms with Gasteiger partial charge in [0.15, 0.2) is 0 Å². The third-order valence-corrected chi connectivity index (χ3v) is 1.97. The molecule has 0 bridgehead atoms. The fraction of sp³-hybridized carbons (Fsp3) is 0.400. The van der Waals surface area contributed by atoms with Crippen LogP contribution in [0.5, 0.6) is 0 Å². The van der Waals surface area contributed by atoms with Crippen molar-refractivity contribution in [2.45, 2.75) is 25.8 Å². The molecule has 1 heterocycles. The molecule has 0 radical (unpaired) electrons. The number of nitriles is 1. The Morgan fingerprint density at radius 3 is 3.08 bits per heavy atom. The Morgan fingerprint density at radius 2 is 2.46 bits per heavy atom. The van der Waals surface area contributed by atoms with Crippen LogP contribution < -0.4 is 5.73 Å². The first-order chi connectivity index (χ1) is 6.29. The van der Waals surface area contributed by atoms with E-state index < -0.39 is 0 Å². The minimum absolute atomic E-state index is 0.0392. The van der Waals surface area contributed by atoms with Crippen molar-refractivity contribution in [3.8, 4) is 6.07 Å². The molecule has 0 saturated carbocycles. The fourth-order valence-electron chi connectivity index (χ4n) is 1.29. The topological polar surface area (TPSA) is 62.7 Å². The van der Waals surface area contributed by atoms with Crippen LogP contribution in [0.3, 0.4) is 0 Å². The molecule has 0 fully saturated rings. The second-order valence-corrected chi connectivity index (χ2v) is 2.97. The first-order valence-corrected chi connectivity index (χ1v) is 4.39. The lowest BCUT2D eigenvalue weighted by Gasteiger charge is -2.11. The van der Waals surface area contributed by atoms with Crippen LogP contribution in [-0.2, 0) is 0 Å². The van der Waals surface area contributed by atoms with Gasteiger partial charge in [0.05, 0.1) is 5.56 Å². The normalized spacial score (nSPS) is 12.1. The van der Waals surface area contributed by atoms with E-state index in [9.17, 15) is 0 Å². The smallest absolute Gasteiger partial charge is 0.101 e. The molecule has 0 saturated heterocycles. The Kier molecular flexibility index (Phi) is 3.41. The lowest BCUT2D eigenvalue weighted by Crippen LogP contribution is -2.11. The van der Waals surface area contributed by atoms with Gasteiger partial charge >= 0.3 is 0 Å². The van der Waals surface area contributed by atoms with E-state index in [0.717, 1.165) is 18.4 Å². The van der Waals surface area contributed by atoms with Crippen molar-refractivity contribution < 1.29 is 0 Å². The summed E-state index contributed by atoms with van der Waals surface area (Å²) in [6.45, 7) is 2.08. The summed E-state index contributed by atoms with van der Waals surface area (Å²) < 4.78 is 0. The largest absolute Gasteiger partial charge is 0.324 e. The predicted molar refractivity (Wildman–Crippen MR) is 50.8 cm³/mol. The summed E-state index contributed by atoms with van der Waals surface area (Å²) in [4.78, 5) is 3.88. The molecule has 1 atom stereocenters. The molecule has 1 aromatic rings. The van der Waals surface area contributed by atoms with E-state index >= 15 is 0 Å². The van der Waals surface area contributed by atoms with Crippen LogP contribution in [0.4, 0.5) is 0 Å². The maximum Gasteiger partial charge on any atom is 0.101 e. The lowest BCUT2D eigenvalue weighted by molar-refractivity contribution is 0.636. The molecule has 0 aromatic carbocycles. The van der Waals surface area contributed by atoms with Gasteiger partial charge < -0.3 is 5.73 Å². The van der Waals surface area contributed by atoms with Crippen molar-refractivity contribution >= 4 is 0 Å². The number of hydrogen-bond donors (Lipinski definition) is 1. The minimum atomic E-state index is -0.0392. The minimum Gasteiger partial charge on any atom is -0.324 e. The van der Waals surface area contributed by atoms with E-state index in [1.807, 2.05) is 6.07 Å². The van der Waals surface area contributed by atoms with Gasteiger partial charge in [-0.1, -0.05) is 13.3 Å². The van der Waals surface area contributed by atoms with Gasteiger partial charge in [-0.2, -0.15) is 5.26 Å². The summed E-state index contributed by atoms with van der Waals surface area (Å²) >= 11 is 0. The van der Waals surface area contributed by atoms with Crippen molar-refractivity contribution in [2.75, 3.05) is 0 Å². The van der Waals surface area contributed by atoms with Gasteiger partial charge in [0, 0.05) is 18.4 Å². The molecule has 68 valence electrons. The lowest BCUT2D eigenvalue weighted by atomic mass is 10.0. The van der Waals surface area contributed by atoms with Crippen molar-refractivity contribution in [3.05, 3.63) is 29.6 Å². The van der Waals surface area contributed by atoms with Gasteiger partial charge in [0.1, 0.15) is 6.07 Å². The summed E-state index contributed by atoms with van der Waals surface area (Å²) in [6.07, 6.45) is 5.16. The number of aromatic nitrogens is 1. The summed E-state index contributed by atoms with van der Waals surface area (Å²) in [6, 6.07) is 3.87. The number of nitrogens with two attached hydrogens (primary N) is 1. The van der Waals surface area contributed by atoms with E-state index in [2.05, 4.69) is 18.0 Å². The Labute approximate surface area is 78.2 Å². The van der Waals surface area contributed by atoms with Gasteiger partial charge in [-0.15, -0.1) is 0 Å². The van der Waals surface area contributed by atoms with E-state index in [0.29, 0.717) is 5.56 Å². The molecule has 0 aliphatic rings. The van der Waals surface area contributed by atoms with Crippen molar-refractivity contribution in [1.82, 2.24) is 4.98 Å². The molecule has 3 heteroatoms. The molecule has 0 amide bonds. The highest BCUT2D eigenvalue weighted by molar-refractivity contribution is 5.36. The van der Waals surface area contributed by atoms with Gasteiger partial charge in [0.2, 0.25) is 0 Å². The van der Waals surface area contributed by atoms with Gasteiger partial charge in [-0.25, -0.2) is 0 Å². The zero-order chi connectivity index (χ0) is 9.68. The van der Waals surface area contributed by atoms with Crippen molar-refractivity contribution in [1.29, 1.82) is 5.26 Å². The summed E-state index contributed by atoms with van der Waals surface area (Å²) in [5.74, 6) is 0. The van der Waals surface area contributed by atoms with Crippen LogP contribution in [0.15, 0.2) is 18.5 Å². The second kappa shape index (κ2) is 4.58. The summed E-state index contributed by atoms with van der Waals surface area (Å²) in [5.41, 5.74) is 7.39. The number of pyridine rings is 1. The molecular weight excluding hydrogens is 162 g/mol. The zero-order valence-corrected chi connectivity index (χ0v) is 7.70. The van der Waals surface area contributed by atoms with Crippen molar-refractivity contribution in [2.24, 2.45) is 5.73 Å². The molecule has 0 aliphatic heterocycles. The van der Waals surface area contributed by atoms with E-state index in [4.69, 9.17) is 11.0 Å². The average molecular weight is 175 g/mol. The van der Waals surface area contributed by atoms with Gasteiger partial charge in [0.25, 0.3) is 0 Å². The standard InChI is InChI=1S/C10H13N3/c1-2-3-10(12)9-4-5-13-7-8(9)6-11/h4-5,7,10H,2-3,12H2,1H3/t10-/m0/s1. The first-order valence-electron chi connectivity index (χ1n) is 4.39. The molecule has 13 heavy (non-hydrogen) atoms. The predicted octanol–water partition coefficient (Wildman–Crippen LogP) is 1.75. The molecule has 3 nitrogen and oxygen atoms in total. The first kappa shape index (κ1) is 9.69. The number of hydrogen-bond acceptors (Lipinski definition) is 3. The fourth-order valence-corrected chi connectivity index (χ4v) is 1.29. The van der Waals surface area contributed by atoms with Crippen LogP contribution in [0.25, 0.3) is 0 Å². The average Bonchev–Trinajstić information content (AvgIpc) is 2.18. The van der Waals surface area contributed by atoms with Crippen LogP contribution in [0, 0.1) is 11.3 Å². The molecule has 2 N–H and O–H groups in total. The quantitative estimate of drug-likeness (QED) is 0.761. The number of nitrogens with zero attached hydrogens (tertiary/aromatic N) is 2. The Morgan fingerprint density at radius 1 is 1.69 bits per heavy atom. The van der Waals surface area contributed by atoms with Crippen molar-refractivity contribution in [3.63, 3.8) is 0 Å². The monoisotopic (exact) mass is 175 g/mol. The van der Waals surface area contributed by atoms with Crippen LogP contribution in [0.2, 0.25) is 0 Å². The molecule has 1 rings (SSSR count). The molecule has 0 unspecified atom stereocenters. The van der Waals surface area contributed by atoms with E-state index in [-0.39, 0.29) is 6.04 Å². The highest BCUT2D eigenvalue weighted by Crippen LogP contribution is 2.18. The van der Waals surface area contributed by atoms with Crippen LogP contribution in [0.1, 0.15) is 36.9 Å². The maximum atomic E-state index is 8.79. The number of rotatable bonds is 3. The summed E-state index contributed by atoms with van der Waals surface area (Å²) in [7, 11) is 0. The highest BCUT2D eigenvalue weighted by atomic mass is 14.7. The van der Waals surface area contributed by atoms with Crippen LogP contribution in [-0.4, -0.2) is 4.98 Å². The third kappa shape index (κ3) is 2.27. The van der Waals surface area contributed by atoms with Gasteiger partial charge in [-0.3, -0.25) is 4.98 Å². The third-order valence-electron chi connectivity index (χ3n) is 1.97. The molecule has 0 spiro atoms. The Hall–Kier alpha value is -1.40. The Balaban J connectivity index is 2.93. The highest BCUT2D eigenvalue weighted by Gasteiger charge is 2.09. The second-order valence-electron chi connectivity index (χ2n) is 2.97. The molecular formula is C10H13N3. The van der Waals surface area contributed by atoms with E-state index in [1.54, 1.807) is 12.4 Å². The maximum absolute atomic E-state index is 8.79.